The minimum absolute atomic E-state index is 0.00219. The first-order valence-corrected chi connectivity index (χ1v) is 19.7. The molecule has 0 unspecified atom stereocenters. The number of aromatic nitrogens is 2. The molecule has 2 heterocycles. The number of imidazole rings is 1. The largest absolute Gasteiger partial charge is 0.368 e. The van der Waals surface area contributed by atoms with Crippen molar-refractivity contribution in [3.8, 4) is 0 Å². The third kappa shape index (κ3) is 16.2. The number of benzene rings is 1. The van der Waals surface area contributed by atoms with Crippen LogP contribution < -0.4 is 48.3 Å². The highest BCUT2D eigenvalue weighted by Crippen LogP contribution is 2.10. The van der Waals surface area contributed by atoms with Gasteiger partial charge in [0.15, 0.2) is 0 Å². The summed E-state index contributed by atoms with van der Waals surface area (Å²) in [5.41, 5.74) is 6.43. The third-order valence-electron chi connectivity index (χ3n) is 9.52. The monoisotopic (exact) mass is 823 g/mol. The van der Waals surface area contributed by atoms with Crippen molar-refractivity contribution in [3.63, 3.8) is 0 Å². The molecule has 0 saturated carbocycles. The maximum atomic E-state index is 14.1. The molecule has 1 saturated heterocycles. The van der Waals surface area contributed by atoms with Crippen LogP contribution in [0, 0.1) is 0 Å². The number of carbonyl (C=O) groups is 9. The Kier molecular flexibility index (Phi) is 19.0. The van der Waals surface area contributed by atoms with Crippen molar-refractivity contribution >= 4 is 53.2 Å². The molecule has 322 valence electrons. The number of rotatable bonds is 13. The van der Waals surface area contributed by atoms with Gasteiger partial charge in [-0.25, -0.2) is 4.98 Å². The van der Waals surface area contributed by atoms with Crippen molar-refractivity contribution in [1.82, 2.24) is 52.5 Å². The topological polar surface area (TPSA) is 305 Å². The number of nitrogens with zero attached hydrogens (tertiary/aromatic N) is 1. The van der Waals surface area contributed by atoms with Gasteiger partial charge in [-0.15, -0.1) is 0 Å². The Morgan fingerprint density at radius 2 is 1.56 bits per heavy atom. The van der Waals surface area contributed by atoms with Crippen molar-refractivity contribution in [2.75, 3.05) is 6.54 Å². The molecule has 0 bridgehead atoms. The van der Waals surface area contributed by atoms with E-state index in [9.17, 15) is 43.2 Å². The highest BCUT2D eigenvalue weighted by Gasteiger charge is 2.33. The second kappa shape index (κ2) is 23.8. The first-order chi connectivity index (χ1) is 28.1. The fourth-order valence-corrected chi connectivity index (χ4v) is 6.12. The molecule has 59 heavy (non-hydrogen) atoms. The number of carbonyl (C=O) groups excluding carboxylic acids is 9. The van der Waals surface area contributed by atoms with Crippen LogP contribution in [0.15, 0.2) is 42.9 Å². The number of aromatic amines is 1. The number of amides is 9. The van der Waals surface area contributed by atoms with Gasteiger partial charge in [-0.05, 0) is 45.1 Å². The molecule has 7 atom stereocenters. The molecule has 9 amide bonds. The van der Waals surface area contributed by atoms with E-state index in [-0.39, 0.29) is 51.5 Å². The Labute approximate surface area is 342 Å². The number of hydrogen-bond acceptors (Lipinski definition) is 10. The Hall–Kier alpha value is -6.34. The van der Waals surface area contributed by atoms with Crippen LogP contribution in [0.5, 0.6) is 0 Å². The van der Waals surface area contributed by atoms with Crippen LogP contribution in [0.2, 0.25) is 0 Å². The molecule has 20 nitrogen and oxygen atoms in total. The molecular formula is C39H57N11O9. The summed E-state index contributed by atoms with van der Waals surface area (Å²) in [5.74, 6) is -6.27. The van der Waals surface area contributed by atoms with E-state index in [1.807, 2.05) is 6.92 Å². The van der Waals surface area contributed by atoms with Crippen LogP contribution in [-0.2, 0) is 56.0 Å². The van der Waals surface area contributed by atoms with Crippen LogP contribution in [0.25, 0.3) is 0 Å². The van der Waals surface area contributed by atoms with Gasteiger partial charge in [0.25, 0.3) is 0 Å². The molecular weight excluding hydrogens is 766 g/mol. The lowest BCUT2D eigenvalue weighted by Crippen LogP contribution is -2.60. The fraction of sp³-hybridized carbons (Fsp3) is 0.538. The van der Waals surface area contributed by atoms with Gasteiger partial charge in [0.1, 0.15) is 42.3 Å². The number of primary amides is 1. The second-order valence-electron chi connectivity index (χ2n) is 14.5. The van der Waals surface area contributed by atoms with Gasteiger partial charge >= 0.3 is 0 Å². The lowest BCUT2D eigenvalue weighted by Gasteiger charge is -2.27. The molecule has 1 aromatic heterocycles. The number of unbranched alkanes of at least 4 members (excludes halogenated alkanes) is 1. The number of nitrogens with two attached hydrogens (primary N) is 1. The summed E-state index contributed by atoms with van der Waals surface area (Å²) in [5, 5.41) is 21.0. The van der Waals surface area contributed by atoms with E-state index in [1.165, 1.54) is 33.3 Å². The van der Waals surface area contributed by atoms with Crippen LogP contribution in [0.3, 0.4) is 0 Å². The number of hydrogen-bond donors (Lipinski definition) is 10. The van der Waals surface area contributed by atoms with Crippen LogP contribution >= 0.6 is 0 Å². The van der Waals surface area contributed by atoms with Gasteiger partial charge in [0.2, 0.25) is 53.2 Å². The highest BCUT2D eigenvalue weighted by atomic mass is 16.2. The van der Waals surface area contributed by atoms with Crippen LogP contribution in [-0.4, -0.2) is 112 Å². The van der Waals surface area contributed by atoms with Gasteiger partial charge in [-0.1, -0.05) is 50.1 Å². The maximum absolute atomic E-state index is 14.1. The third-order valence-corrected chi connectivity index (χ3v) is 9.52. The lowest BCUT2D eigenvalue weighted by atomic mass is 10.0. The molecule has 11 N–H and O–H groups in total. The van der Waals surface area contributed by atoms with E-state index in [1.54, 1.807) is 30.3 Å². The van der Waals surface area contributed by atoms with Crippen molar-refractivity contribution in [1.29, 1.82) is 0 Å². The normalized spacial score (nSPS) is 22.4. The average Bonchev–Trinajstić information content (AvgIpc) is 3.71. The molecule has 0 spiro atoms. The summed E-state index contributed by atoms with van der Waals surface area (Å²) in [6.45, 7) is 5.97. The molecule has 1 fully saturated rings. The zero-order chi connectivity index (χ0) is 43.5. The van der Waals surface area contributed by atoms with Gasteiger partial charge < -0.3 is 53.3 Å². The fourth-order valence-electron chi connectivity index (χ4n) is 6.12. The van der Waals surface area contributed by atoms with Crippen molar-refractivity contribution in [3.05, 3.63) is 54.1 Å². The molecule has 0 aliphatic carbocycles. The minimum Gasteiger partial charge on any atom is -0.368 e. The highest BCUT2D eigenvalue weighted by molar-refractivity contribution is 5.97. The molecule has 0 radical (unpaired) electrons. The number of nitrogens with one attached hydrogen (secondary N) is 9. The Morgan fingerprint density at radius 1 is 0.881 bits per heavy atom. The van der Waals surface area contributed by atoms with E-state index in [4.69, 9.17) is 5.73 Å². The maximum Gasteiger partial charge on any atom is 0.243 e. The standard InChI is InChI=1S/C39H57N11O9/c1-5-6-13-27(46-24(4)51)36(56)48-29-15-16-32(52)42-17-10-14-28(35(55)44-22(2)33(40)53)47-34(54)23(3)45-38(58)30(18-25-11-8-7-9-12-25)49-39(59)31(50-37(29)57)19-26-20-41-21-43-26/h7-9,11-12,20-23,27-31H,5-6,10,13-19H2,1-4H3,(H2,40,53)(H,41,43)(H,42,52)(H,44,55)(H,45,58)(H,46,51)(H,47,54)(H,48,56)(H,49,59)(H,50,57)/t22-,23-,27-,28-,29-,30+,31-/m0/s1. The van der Waals surface area contributed by atoms with E-state index in [0.717, 1.165) is 6.42 Å². The SMILES string of the molecule is CCCC[C@H](NC(C)=O)C(=O)N[C@H]1CCC(=O)NCCC[C@@H](C(=O)N[C@@H](C)C(N)=O)NC(=O)[C@H](C)NC(=O)[C@@H](Cc2ccccc2)NC(=O)[C@H](Cc2cnc[nH]2)NC1=O. The molecule has 2 aromatic rings. The van der Waals surface area contributed by atoms with Gasteiger partial charge in [-0.3, -0.25) is 43.2 Å². The Bertz CT molecular complexity index is 1770. The smallest absolute Gasteiger partial charge is 0.243 e. The van der Waals surface area contributed by atoms with Gasteiger partial charge in [-0.2, -0.15) is 0 Å². The van der Waals surface area contributed by atoms with E-state index in [0.29, 0.717) is 17.7 Å². The summed E-state index contributed by atoms with van der Waals surface area (Å²) in [6.07, 6.45) is 3.98. The average molecular weight is 824 g/mol. The molecule has 1 aromatic carbocycles. The minimum atomic E-state index is -1.35. The first-order valence-electron chi connectivity index (χ1n) is 19.7. The van der Waals surface area contributed by atoms with E-state index in [2.05, 4.69) is 52.5 Å². The second-order valence-corrected chi connectivity index (χ2v) is 14.5. The lowest BCUT2D eigenvalue weighted by molar-refractivity contribution is -0.135. The predicted octanol–water partition coefficient (Wildman–Crippen LogP) is -1.99. The van der Waals surface area contributed by atoms with Crippen molar-refractivity contribution in [2.45, 2.75) is 128 Å². The van der Waals surface area contributed by atoms with Gasteiger partial charge in [0, 0.05) is 44.6 Å². The zero-order valence-corrected chi connectivity index (χ0v) is 33.9. The molecule has 1 aliphatic rings. The van der Waals surface area contributed by atoms with Gasteiger partial charge in [0.05, 0.1) is 6.33 Å². The zero-order valence-electron chi connectivity index (χ0n) is 33.9. The molecule has 20 heteroatoms. The number of H-pyrrole nitrogens is 1. The van der Waals surface area contributed by atoms with Crippen molar-refractivity contribution in [2.24, 2.45) is 5.73 Å². The molecule has 3 rings (SSSR count). The summed E-state index contributed by atoms with van der Waals surface area (Å²) >= 11 is 0. The first kappa shape index (κ1) is 47.0. The Balaban J connectivity index is 2.01. The Morgan fingerprint density at radius 3 is 2.20 bits per heavy atom. The summed E-state index contributed by atoms with van der Waals surface area (Å²) in [4.78, 5) is 126. The van der Waals surface area contributed by atoms with Crippen molar-refractivity contribution < 1.29 is 43.2 Å². The quantitative estimate of drug-likeness (QED) is 0.106. The predicted molar refractivity (Wildman–Crippen MR) is 213 cm³/mol. The summed E-state index contributed by atoms with van der Waals surface area (Å²) < 4.78 is 0. The molecule has 1 aliphatic heterocycles. The summed E-state index contributed by atoms with van der Waals surface area (Å²) in [6, 6.07) is 0.294. The van der Waals surface area contributed by atoms with E-state index >= 15 is 0 Å². The van der Waals surface area contributed by atoms with E-state index < -0.39 is 95.5 Å². The van der Waals surface area contributed by atoms with Crippen LogP contribution in [0.1, 0.15) is 83.9 Å². The summed E-state index contributed by atoms with van der Waals surface area (Å²) in [7, 11) is 0. The van der Waals surface area contributed by atoms with Crippen LogP contribution in [0.4, 0.5) is 0 Å².